The Balaban J connectivity index is 2.97. The molecule has 0 bridgehead atoms. The molecule has 0 aromatic carbocycles. The molecule has 2 N–H and O–H groups in total. The largest absolute Gasteiger partial charge is 0.481 e. The second-order valence-corrected chi connectivity index (χ2v) is 5.06. The fraction of sp³-hybridized carbons (Fsp3) is 0.818. The number of carbonyl (C=O) groups is 2. The number of rotatable bonds is 4. The van der Waals surface area contributed by atoms with Gasteiger partial charge in [-0.25, -0.2) is 0 Å². The van der Waals surface area contributed by atoms with E-state index in [4.69, 9.17) is 5.11 Å². The van der Waals surface area contributed by atoms with Crippen molar-refractivity contribution in [2.45, 2.75) is 50.0 Å². The molecule has 0 unspecified atom stereocenters. The minimum absolute atomic E-state index is 0.0352. The number of halogens is 6. The highest BCUT2D eigenvalue weighted by Crippen LogP contribution is 2.41. The van der Waals surface area contributed by atoms with Gasteiger partial charge in [0.2, 0.25) is 11.8 Å². The first kappa shape index (κ1) is 17.6. The lowest BCUT2D eigenvalue weighted by atomic mass is 9.92. The van der Waals surface area contributed by atoms with E-state index in [1.807, 2.05) is 0 Å². The van der Waals surface area contributed by atoms with E-state index in [0.29, 0.717) is 12.8 Å². The van der Waals surface area contributed by atoms with Crippen LogP contribution in [0.3, 0.4) is 0 Å². The van der Waals surface area contributed by atoms with Gasteiger partial charge in [-0.1, -0.05) is 12.8 Å². The number of carboxylic acid groups (broad SMARTS) is 1. The van der Waals surface area contributed by atoms with Gasteiger partial charge >= 0.3 is 18.3 Å². The average molecular weight is 321 g/mol. The Hall–Kier alpha value is -1.48. The lowest BCUT2D eigenvalue weighted by Gasteiger charge is -2.31. The molecule has 0 atom stereocenters. The first-order valence-electron chi connectivity index (χ1n) is 6.05. The minimum Gasteiger partial charge on any atom is -0.481 e. The van der Waals surface area contributed by atoms with E-state index < -0.39 is 42.1 Å². The van der Waals surface area contributed by atoms with Crippen molar-refractivity contribution in [3.63, 3.8) is 0 Å². The van der Waals surface area contributed by atoms with Gasteiger partial charge in [-0.05, 0) is 12.8 Å². The van der Waals surface area contributed by atoms with Crippen LogP contribution in [0.1, 0.15) is 32.1 Å². The number of aliphatic carboxylic acids is 1. The van der Waals surface area contributed by atoms with Gasteiger partial charge < -0.3 is 10.4 Å². The van der Waals surface area contributed by atoms with E-state index in [-0.39, 0.29) is 12.8 Å². The molecule has 0 aliphatic heterocycles. The number of amides is 1. The molecule has 1 aliphatic carbocycles. The molecule has 122 valence electrons. The van der Waals surface area contributed by atoms with Gasteiger partial charge in [-0.2, -0.15) is 26.3 Å². The van der Waals surface area contributed by atoms with Gasteiger partial charge in [-0.3, -0.25) is 9.59 Å². The molecule has 1 saturated carbocycles. The maximum atomic E-state index is 12.4. The van der Waals surface area contributed by atoms with Gasteiger partial charge in [0.25, 0.3) is 0 Å². The van der Waals surface area contributed by atoms with Crippen LogP contribution in [0, 0.1) is 5.92 Å². The highest BCUT2D eigenvalue weighted by molar-refractivity contribution is 5.82. The summed E-state index contributed by atoms with van der Waals surface area (Å²) in [6, 6.07) is 0. The van der Waals surface area contributed by atoms with Gasteiger partial charge in [0.05, 0.1) is 12.0 Å². The highest BCUT2D eigenvalue weighted by atomic mass is 19.4. The zero-order valence-corrected chi connectivity index (χ0v) is 10.6. The fourth-order valence-corrected chi connectivity index (χ4v) is 2.50. The standard InChI is InChI=1S/C11H13F6NO3/c12-10(13,14)7(11(15,16)17)8(21)18-9(5-6(19)20)3-1-2-4-9/h7H,1-5H2,(H,18,21)(H,19,20). The SMILES string of the molecule is O=C(O)CC1(NC(=O)C(C(F)(F)F)C(F)(F)F)CCCC1. The fourth-order valence-electron chi connectivity index (χ4n) is 2.50. The number of carbonyl (C=O) groups excluding carboxylic acids is 1. The normalized spacial score (nSPS) is 18.8. The third-order valence-corrected chi connectivity index (χ3v) is 3.36. The summed E-state index contributed by atoms with van der Waals surface area (Å²) in [4.78, 5) is 22.1. The van der Waals surface area contributed by atoms with Crippen molar-refractivity contribution in [1.29, 1.82) is 0 Å². The van der Waals surface area contributed by atoms with Crippen LogP contribution in [0.25, 0.3) is 0 Å². The zero-order chi connectivity index (χ0) is 16.5. The molecule has 10 heteroatoms. The Bertz CT molecular complexity index is 397. The average Bonchev–Trinajstić information content (AvgIpc) is 2.59. The molecule has 0 saturated heterocycles. The number of carboxylic acids is 1. The van der Waals surface area contributed by atoms with E-state index >= 15 is 0 Å². The zero-order valence-electron chi connectivity index (χ0n) is 10.6. The third-order valence-electron chi connectivity index (χ3n) is 3.36. The predicted octanol–water partition coefficient (Wildman–Crippen LogP) is 2.63. The summed E-state index contributed by atoms with van der Waals surface area (Å²) in [6.07, 6.45) is -11.4. The molecule has 0 radical (unpaired) electrons. The maximum Gasteiger partial charge on any atom is 0.409 e. The summed E-state index contributed by atoms with van der Waals surface area (Å²) in [5.41, 5.74) is -1.54. The Labute approximate surface area is 115 Å². The molecule has 4 nitrogen and oxygen atoms in total. The summed E-state index contributed by atoms with van der Waals surface area (Å²) >= 11 is 0. The number of hydrogen-bond donors (Lipinski definition) is 2. The van der Waals surface area contributed by atoms with Crippen molar-refractivity contribution in [1.82, 2.24) is 5.32 Å². The topological polar surface area (TPSA) is 66.4 Å². The predicted molar refractivity (Wildman–Crippen MR) is 57.2 cm³/mol. The van der Waals surface area contributed by atoms with Crippen molar-refractivity contribution in [2.24, 2.45) is 5.92 Å². The van der Waals surface area contributed by atoms with E-state index in [9.17, 15) is 35.9 Å². The molecular weight excluding hydrogens is 308 g/mol. The van der Waals surface area contributed by atoms with Crippen LogP contribution in [0.2, 0.25) is 0 Å². The monoisotopic (exact) mass is 321 g/mol. The molecular formula is C11H13F6NO3. The first-order valence-corrected chi connectivity index (χ1v) is 6.05. The summed E-state index contributed by atoms with van der Waals surface area (Å²) in [5.74, 6) is -7.80. The van der Waals surface area contributed by atoms with Crippen molar-refractivity contribution in [3.8, 4) is 0 Å². The van der Waals surface area contributed by atoms with E-state index in [0.717, 1.165) is 0 Å². The van der Waals surface area contributed by atoms with E-state index in [1.165, 1.54) is 0 Å². The smallest absolute Gasteiger partial charge is 0.409 e. The molecule has 1 amide bonds. The Morgan fingerprint density at radius 1 is 1.05 bits per heavy atom. The van der Waals surface area contributed by atoms with Crippen LogP contribution < -0.4 is 5.32 Å². The van der Waals surface area contributed by atoms with Gasteiger partial charge in [-0.15, -0.1) is 0 Å². The van der Waals surface area contributed by atoms with Crippen LogP contribution >= 0.6 is 0 Å². The van der Waals surface area contributed by atoms with Gasteiger partial charge in [0.15, 0.2) is 0 Å². The molecule has 1 fully saturated rings. The number of nitrogens with one attached hydrogen (secondary N) is 1. The van der Waals surface area contributed by atoms with Crippen LogP contribution in [-0.4, -0.2) is 34.9 Å². The lowest BCUT2D eigenvalue weighted by molar-refractivity contribution is -0.274. The second kappa shape index (κ2) is 5.72. The summed E-state index contributed by atoms with van der Waals surface area (Å²) in [5, 5.41) is 10.4. The Kier molecular flexibility index (Phi) is 4.79. The molecule has 1 aliphatic rings. The van der Waals surface area contributed by atoms with Crippen LogP contribution in [0.4, 0.5) is 26.3 Å². The van der Waals surface area contributed by atoms with Gasteiger partial charge in [0, 0.05) is 0 Å². The molecule has 0 aromatic rings. The van der Waals surface area contributed by atoms with Crippen molar-refractivity contribution < 1.29 is 41.0 Å². The van der Waals surface area contributed by atoms with Crippen molar-refractivity contribution in [2.75, 3.05) is 0 Å². The Morgan fingerprint density at radius 3 is 1.81 bits per heavy atom. The highest BCUT2D eigenvalue weighted by Gasteiger charge is 2.62. The Morgan fingerprint density at radius 2 is 1.48 bits per heavy atom. The van der Waals surface area contributed by atoms with Crippen LogP contribution in [-0.2, 0) is 9.59 Å². The summed E-state index contributed by atoms with van der Waals surface area (Å²) in [7, 11) is 0. The lowest BCUT2D eigenvalue weighted by Crippen LogP contribution is -2.55. The number of hydrogen-bond acceptors (Lipinski definition) is 2. The quantitative estimate of drug-likeness (QED) is 0.782. The molecule has 0 heterocycles. The first-order chi connectivity index (χ1) is 9.37. The summed E-state index contributed by atoms with van der Waals surface area (Å²) in [6.45, 7) is 0. The third kappa shape index (κ3) is 4.50. The summed E-state index contributed by atoms with van der Waals surface area (Å²) < 4.78 is 74.6. The van der Waals surface area contributed by atoms with Crippen molar-refractivity contribution >= 4 is 11.9 Å². The molecule has 0 spiro atoms. The van der Waals surface area contributed by atoms with Crippen LogP contribution in [0.15, 0.2) is 0 Å². The maximum absolute atomic E-state index is 12.4. The van der Waals surface area contributed by atoms with Crippen molar-refractivity contribution in [3.05, 3.63) is 0 Å². The van der Waals surface area contributed by atoms with Gasteiger partial charge in [0.1, 0.15) is 0 Å². The minimum atomic E-state index is -5.79. The molecule has 21 heavy (non-hydrogen) atoms. The number of alkyl halides is 6. The van der Waals surface area contributed by atoms with E-state index in [1.54, 1.807) is 5.32 Å². The van der Waals surface area contributed by atoms with E-state index in [2.05, 4.69) is 0 Å². The second-order valence-electron chi connectivity index (χ2n) is 5.06. The molecule has 0 aromatic heterocycles. The molecule has 1 rings (SSSR count). The van der Waals surface area contributed by atoms with Crippen LogP contribution in [0.5, 0.6) is 0 Å².